The number of hydrogen-bond donors (Lipinski definition) is 1. The summed E-state index contributed by atoms with van der Waals surface area (Å²) in [6, 6.07) is 3.13. The largest absolute Gasteiger partial charge is 0.497 e. The van der Waals surface area contributed by atoms with Gasteiger partial charge in [0, 0.05) is 12.7 Å². The van der Waals surface area contributed by atoms with Crippen molar-refractivity contribution in [2.45, 2.75) is 13.3 Å². The van der Waals surface area contributed by atoms with Crippen molar-refractivity contribution in [2.24, 2.45) is 0 Å². The first kappa shape index (κ1) is 16.1. The summed E-state index contributed by atoms with van der Waals surface area (Å²) >= 11 is 0. The first-order valence-corrected chi connectivity index (χ1v) is 6.40. The average Bonchev–Trinajstić information content (AvgIpc) is 2.47. The van der Waals surface area contributed by atoms with Gasteiger partial charge in [-0.1, -0.05) is 6.92 Å². The van der Waals surface area contributed by atoms with E-state index < -0.39 is 5.97 Å². The van der Waals surface area contributed by atoms with Crippen LogP contribution in [-0.2, 0) is 9.47 Å². The Morgan fingerprint density at radius 1 is 1.15 bits per heavy atom. The average molecular weight is 283 g/mol. The van der Waals surface area contributed by atoms with Crippen LogP contribution in [0.3, 0.4) is 0 Å². The fraction of sp³-hybridized carbons (Fsp3) is 0.500. The predicted octanol–water partition coefficient (Wildman–Crippen LogP) is 1.87. The highest BCUT2D eigenvalue weighted by molar-refractivity contribution is 5.97. The van der Waals surface area contributed by atoms with Crippen LogP contribution in [0.25, 0.3) is 0 Å². The highest BCUT2D eigenvalue weighted by atomic mass is 16.6. The number of ether oxygens (including phenoxy) is 4. The summed E-state index contributed by atoms with van der Waals surface area (Å²) in [5.74, 6) is 0.323. The molecular formula is C14H21NO5. The van der Waals surface area contributed by atoms with Gasteiger partial charge in [0.25, 0.3) is 0 Å². The summed E-state index contributed by atoms with van der Waals surface area (Å²) in [5, 5.41) is 0. The molecule has 0 aliphatic heterocycles. The zero-order valence-corrected chi connectivity index (χ0v) is 12.1. The minimum Gasteiger partial charge on any atom is -0.497 e. The number of carbonyl (C=O) groups excluding carboxylic acids is 1. The maximum Gasteiger partial charge on any atom is 0.340 e. The standard InChI is InChI=1S/C14H21NO5/c1-4-5-19-6-7-20-14(16)11-8-10(17-2)9-12(18-3)13(11)15/h8-9H,4-7,15H2,1-3H3. The van der Waals surface area contributed by atoms with Crippen LogP contribution in [0.1, 0.15) is 23.7 Å². The normalized spacial score (nSPS) is 10.2. The van der Waals surface area contributed by atoms with Crippen molar-refractivity contribution < 1.29 is 23.7 Å². The Morgan fingerprint density at radius 3 is 2.50 bits per heavy atom. The van der Waals surface area contributed by atoms with Gasteiger partial charge in [0.2, 0.25) is 0 Å². The van der Waals surface area contributed by atoms with Crippen molar-refractivity contribution in [3.05, 3.63) is 17.7 Å². The maximum absolute atomic E-state index is 12.0. The van der Waals surface area contributed by atoms with Gasteiger partial charge in [-0.3, -0.25) is 0 Å². The third-order valence-corrected chi connectivity index (χ3v) is 2.60. The maximum atomic E-state index is 12.0. The quantitative estimate of drug-likeness (QED) is 0.445. The van der Waals surface area contributed by atoms with Gasteiger partial charge in [-0.2, -0.15) is 0 Å². The SMILES string of the molecule is CCCOCCOC(=O)c1cc(OC)cc(OC)c1N. The number of nitrogens with two attached hydrogens (primary N) is 1. The van der Waals surface area contributed by atoms with Crippen molar-refractivity contribution in [3.63, 3.8) is 0 Å². The number of anilines is 1. The van der Waals surface area contributed by atoms with E-state index in [1.807, 2.05) is 6.92 Å². The Labute approximate surface area is 118 Å². The Kier molecular flexibility index (Phi) is 6.66. The summed E-state index contributed by atoms with van der Waals surface area (Å²) in [6.45, 7) is 3.19. The van der Waals surface area contributed by atoms with E-state index in [0.29, 0.717) is 24.7 Å². The molecule has 0 radical (unpaired) electrons. The lowest BCUT2D eigenvalue weighted by Crippen LogP contribution is -2.13. The minimum atomic E-state index is -0.528. The summed E-state index contributed by atoms with van der Waals surface area (Å²) < 4.78 is 20.5. The van der Waals surface area contributed by atoms with Gasteiger partial charge in [-0.25, -0.2) is 4.79 Å². The molecule has 1 aromatic rings. The van der Waals surface area contributed by atoms with E-state index in [1.54, 1.807) is 6.07 Å². The Bertz CT molecular complexity index is 447. The van der Waals surface area contributed by atoms with Gasteiger partial charge in [0.15, 0.2) is 0 Å². The first-order valence-electron chi connectivity index (χ1n) is 6.40. The van der Waals surface area contributed by atoms with Crippen molar-refractivity contribution in [3.8, 4) is 11.5 Å². The van der Waals surface area contributed by atoms with Crippen molar-refractivity contribution in [1.82, 2.24) is 0 Å². The molecule has 1 rings (SSSR count). The van der Waals surface area contributed by atoms with Gasteiger partial charge in [0.1, 0.15) is 18.1 Å². The van der Waals surface area contributed by atoms with Gasteiger partial charge in [-0.15, -0.1) is 0 Å². The summed E-state index contributed by atoms with van der Waals surface area (Å²) in [4.78, 5) is 12.0. The molecule has 6 heteroatoms. The molecule has 0 aromatic heterocycles. The number of esters is 1. The molecule has 0 bridgehead atoms. The van der Waals surface area contributed by atoms with Gasteiger partial charge in [0.05, 0.1) is 32.1 Å². The van der Waals surface area contributed by atoms with E-state index in [1.165, 1.54) is 20.3 Å². The second kappa shape index (κ2) is 8.27. The molecule has 0 atom stereocenters. The lowest BCUT2D eigenvalue weighted by atomic mass is 10.1. The Balaban J connectivity index is 2.71. The zero-order chi connectivity index (χ0) is 15.0. The topological polar surface area (TPSA) is 80.0 Å². The Morgan fingerprint density at radius 2 is 1.90 bits per heavy atom. The molecule has 6 nitrogen and oxygen atoms in total. The van der Waals surface area contributed by atoms with Crippen LogP contribution in [-0.4, -0.2) is 40.0 Å². The molecule has 0 spiro atoms. The van der Waals surface area contributed by atoms with Crippen molar-refractivity contribution >= 4 is 11.7 Å². The van der Waals surface area contributed by atoms with Crippen LogP contribution in [0.15, 0.2) is 12.1 Å². The number of carbonyl (C=O) groups is 1. The summed E-state index contributed by atoms with van der Waals surface area (Å²) in [5.41, 5.74) is 6.31. The molecule has 0 unspecified atom stereocenters. The Hall–Kier alpha value is -1.95. The number of methoxy groups -OCH3 is 2. The lowest BCUT2D eigenvalue weighted by molar-refractivity contribution is 0.0319. The summed E-state index contributed by atoms with van der Waals surface area (Å²) in [7, 11) is 2.97. The van der Waals surface area contributed by atoms with Crippen LogP contribution in [0, 0.1) is 0 Å². The van der Waals surface area contributed by atoms with Crippen LogP contribution < -0.4 is 15.2 Å². The second-order valence-electron chi connectivity index (χ2n) is 4.04. The minimum absolute atomic E-state index is 0.178. The molecule has 2 N–H and O–H groups in total. The van der Waals surface area contributed by atoms with E-state index in [2.05, 4.69) is 0 Å². The highest BCUT2D eigenvalue weighted by Gasteiger charge is 2.17. The monoisotopic (exact) mass is 283 g/mol. The van der Waals surface area contributed by atoms with E-state index >= 15 is 0 Å². The molecule has 0 saturated heterocycles. The van der Waals surface area contributed by atoms with Crippen LogP contribution in [0.2, 0.25) is 0 Å². The number of nitrogen functional groups attached to an aromatic ring is 1. The van der Waals surface area contributed by atoms with Gasteiger partial charge >= 0.3 is 5.97 Å². The fourth-order valence-electron chi connectivity index (χ4n) is 1.57. The molecule has 20 heavy (non-hydrogen) atoms. The first-order chi connectivity index (χ1) is 9.63. The van der Waals surface area contributed by atoms with Crippen LogP contribution >= 0.6 is 0 Å². The molecule has 0 saturated carbocycles. The fourth-order valence-corrected chi connectivity index (χ4v) is 1.57. The third-order valence-electron chi connectivity index (χ3n) is 2.60. The molecule has 0 fully saturated rings. The van der Waals surface area contributed by atoms with E-state index in [4.69, 9.17) is 24.7 Å². The van der Waals surface area contributed by atoms with Crippen molar-refractivity contribution in [2.75, 3.05) is 39.8 Å². The van der Waals surface area contributed by atoms with Gasteiger partial charge < -0.3 is 24.7 Å². The summed E-state index contributed by atoms with van der Waals surface area (Å²) in [6.07, 6.45) is 0.925. The number of hydrogen-bond acceptors (Lipinski definition) is 6. The smallest absolute Gasteiger partial charge is 0.340 e. The highest BCUT2D eigenvalue weighted by Crippen LogP contribution is 2.31. The van der Waals surface area contributed by atoms with Gasteiger partial charge in [-0.05, 0) is 12.5 Å². The van der Waals surface area contributed by atoms with E-state index in [0.717, 1.165) is 6.42 Å². The zero-order valence-electron chi connectivity index (χ0n) is 12.1. The van der Waals surface area contributed by atoms with E-state index in [-0.39, 0.29) is 17.9 Å². The molecule has 0 aliphatic rings. The number of benzene rings is 1. The molecule has 112 valence electrons. The second-order valence-corrected chi connectivity index (χ2v) is 4.04. The van der Waals surface area contributed by atoms with Crippen LogP contribution in [0.4, 0.5) is 5.69 Å². The molecule has 0 aliphatic carbocycles. The predicted molar refractivity (Wildman–Crippen MR) is 75.4 cm³/mol. The van der Waals surface area contributed by atoms with E-state index in [9.17, 15) is 4.79 Å². The molecule has 0 amide bonds. The third kappa shape index (κ3) is 4.31. The van der Waals surface area contributed by atoms with Crippen molar-refractivity contribution in [1.29, 1.82) is 0 Å². The number of rotatable bonds is 8. The molecule has 0 heterocycles. The molecule has 1 aromatic carbocycles. The lowest BCUT2D eigenvalue weighted by Gasteiger charge is -2.12. The molecular weight excluding hydrogens is 262 g/mol. The van der Waals surface area contributed by atoms with Crippen LogP contribution in [0.5, 0.6) is 11.5 Å².